The van der Waals surface area contributed by atoms with Crippen LogP contribution in [-0.2, 0) is 9.59 Å². The van der Waals surface area contributed by atoms with Crippen molar-refractivity contribution < 1.29 is 19.1 Å². The molecule has 3 aromatic rings. The molecule has 2 aromatic heterocycles. The van der Waals surface area contributed by atoms with Gasteiger partial charge in [0.1, 0.15) is 17.8 Å². The molecule has 0 atom stereocenters. The van der Waals surface area contributed by atoms with Gasteiger partial charge in [0.05, 0.1) is 5.92 Å². The number of pyridine rings is 1. The molecule has 0 aliphatic heterocycles. The second-order valence-electron chi connectivity index (χ2n) is 12.8. The summed E-state index contributed by atoms with van der Waals surface area (Å²) in [6, 6.07) is 12.4. The molecule has 0 saturated heterocycles. The fraction of sp³-hybridized carbons (Fsp3) is 0.529. The van der Waals surface area contributed by atoms with Crippen LogP contribution in [0.5, 0.6) is 0 Å². The lowest BCUT2D eigenvalue weighted by molar-refractivity contribution is -0.144. The largest absolute Gasteiger partial charge is 0.481 e. The van der Waals surface area contributed by atoms with Gasteiger partial charge in [0.15, 0.2) is 5.89 Å². The van der Waals surface area contributed by atoms with Crippen LogP contribution in [0.1, 0.15) is 87.5 Å². The Balaban J connectivity index is 1.18. The van der Waals surface area contributed by atoms with Crippen molar-refractivity contribution in [3.63, 3.8) is 0 Å². The van der Waals surface area contributed by atoms with E-state index in [0.29, 0.717) is 50.0 Å². The molecule has 1 amide bonds. The van der Waals surface area contributed by atoms with Crippen LogP contribution in [-0.4, -0.2) is 47.6 Å². The number of anilines is 2. The summed E-state index contributed by atoms with van der Waals surface area (Å²) >= 11 is 0. The van der Waals surface area contributed by atoms with Gasteiger partial charge in [-0.2, -0.15) is 0 Å². The number of benzene rings is 1. The zero-order valence-corrected chi connectivity index (χ0v) is 24.7. The number of carboxylic acids is 1. The summed E-state index contributed by atoms with van der Waals surface area (Å²) in [4.78, 5) is 39.0. The van der Waals surface area contributed by atoms with E-state index in [-0.39, 0.29) is 17.7 Å². The number of hydrogen-bond acceptors (Lipinski definition) is 6. The van der Waals surface area contributed by atoms with Crippen LogP contribution in [0.4, 0.5) is 11.5 Å². The molecule has 3 saturated carbocycles. The number of carbonyl (C=O) groups excluding carboxylic acids is 1. The van der Waals surface area contributed by atoms with Gasteiger partial charge in [0, 0.05) is 49.9 Å². The van der Waals surface area contributed by atoms with Gasteiger partial charge in [-0.05, 0) is 99.8 Å². The lowest BCUT2D eigenvalue weighted by Crippen LogP contribution is -2.41. The number of aliphatic carboxylic acids is 1. The Morgan fingerprint density at radius 1 is 0.905 bits per heavy atom. The highest BCUT2D eigenvalue weighted by Gasteiger charge is 2.35. The van der Waals surface area contributed by atoms with Gasteiger partial charge in [0.25, 0.3) is 0 Å². The van der Waals surface area contributed by atoms with E-state index >= 15 is 0 Å². The van der Waals surface area contributed by atoms with E-state index in [1.807, 2.05) is 48.3 Å². The third-order valence-electron chi connectivity index (χ3n) is 9.58. The maximum atomic E-state index is 14.1. The molecule has 8 nitrogen and oxygen atoms in total. The SMILES string of the molecule is CN(C)c1ccc(C2CCC(CN(C(=O)C3CCC(C(=O)O)CC3)c3cccc(-c4coc(C5CC5)n4)c3)CC2)cn1. The van der Waals surface area contributed by atoms with E-state index < -0.39 is 5.97 Å². The number of rotatable bonds is 9. The van der Waals surface area contributed by atoms with Crippen molar-refractivity contribution in [1.29, 1.82) is 0 Å². The minimum Gasteiger partial charge on any atom is -0.481 e. The normalized spacial score (nSPS) is 24.2. The first kappa shape index (κ1) is 28.4. The molecule has 3 fully saturated rings. The maximum absolute atomic E-state index is 14.1. The number of oxazole rings is 1. The zero-order valence-electron chi connectivity index (χ0n) is 24.7. The highest BCUT2D eigenvalue weighted by Crippen LogP contribution is 2.41. The lowest BCUT2D eigenvalue weighted by atomic mass is 9.78. The van der Waals surface area contributed by atoms with E-state index in [9.17, 15) is 14.7 Å². The molecule has 1 aromatic carbocycles. The number of carboxylic acid groups (broad SMARTS) is 1. The minimum atomic E-state index is -0.744. The Hall–Kier alpha value is -3.68. The van der Waals surface area contributed by atoms with Crippen molar-refractivity contribution in [2.45, 2.75) is 76.0 Å². The van der Waals surface area contributed by atoms with Crippen LogP contribution >= 0.6 is 0 Å². The Morgan fingerprint density at radius 3 is 2.26 bits per heavy atom. The third-order valence-corrected chi connectivity index (χ3v) is 9.58. The summed E-state index contributed by atoms with van der Waals surface area (Å²) in [6.07, 6.45) is 12.7. The molecule has 3 aliphatic carbocycles. The summed E-state index contributed by atoms with van der Waals surface area (Å²) in [5.41, 5.74) is 3.95. The minimum absolute atomic E-state index is 0.125. The number of carbonyl (C=O) groups is 2. The Labute approximate surface area is 248 Å². The molecule has 0 bridgehead atoms. The fourth-order valence-corrected chi connectivity index (χ4v) is 6.74. The second kappa shape index (κ2) is 12.3. The highest BCUT2D eigenvalue weighted by atomic mass is 16.4. The average Bonchev–Trinajstić information content (AvgIpc) is 3.76. The first-order chi connectivity index (χ1) is 20.4. The molecule has 3 aliphatic rings. The van der Waals surface area contributed by atoms with Gasteiger partial charge >= 0.3 is 5.97 Å². The highest BCUT2D eigenvalue weighted by molar-refractivity contribution is 5.95. The van der Waals surface area contributed by atoms with Crippen molar-refractivity contribution >= 4 is 23.4 Å². The maximum Gasteiger partial charge on any atom is 0.306 e. The molecule has 222 valence electrons. The van der Waals surface area contributed by atoms with Crippen molar-refractivity contribution in [1.82, 2.24) is 9.97 Å². The van der Waals surface area contributed by atoms with Crippen molar-refractivity contribution in [3.8, 4) is 11.3 Å². The molecule has 1 N–H and O–H groups in total. The molecule has 0 radical (unpaired) electrons. The van der Waals surface area contributed by atoms with Gasteiger partial charge in [-0.1, -0.05) is 18.2 Å². The molecule has 42 heavy (non-hydrogen) atoms. The molecular weight excluding hydrogens is 528 g/mol. The number of aromatic nitrogens is 2. The number of hydrogen-bond donors (Lipinski definition) is 1. The van der Waals surface area contributed by atoms with E-state index in [1.54, 1.807) is 6.26 Å². The van der Waals surface area contributed by atoms with Crippen LogP contribution in [0.15, 0.2) is 53.3 Å². The van der Waals surface area contributed by atoms with Gasteiger partial charge in [-0.25, -0.2) is 9.97 Å². The number of nitrogens with zero attached hydrogens (tertiary/aromatic N) is 4. The molecule has 8 heteroatoms. The van der Waals surface area contributed by atoms with E-state index in [2.05, 4.69) is 23.2 Å². The summed E-state index contributed by atoms with van der Waals surface area (Å²) in [5.74, 6) is 2.02. The molecule has 6 rings (SSSR count). The Kier molecular flexibility index (Phi) is 8.31. The molecule has 2 heterocycles. The topological polar surface area (TPSA) is 99.8 Å². The molecular formula is C34H42N4O4. The van der Waals surface area contributed by atoms with Crippen LogP contribution < -0.4 is 9.80 Å². The smallest absolute Gasteiger partial charge is 0.306 e. The van der Waals surface area contributed by atoms with Crippen molar-refractivity contribution in [2.24, 2.45) is 17.8 Å². The lowest BCUT2D eigenvalue weighted by Gasteiger charge is -2.36. The molecule has 0 spiro atoms. The predicted octanol–water partition coefficient (Wildman–Crippen LogP) is 6.88. The van der Waals surface area contributed by atoms with Crippen LogP contribution in [0.25, 0.3) is 11.3 Å². The summed E-state index contributed by atoms with van der Waals surface area (Å²) in [7, 11) is 4.01. The monoisotopic (exact) mass is 570 g/mol. The molecule has 0 unspecified atom stereocenters. The number of amides is 1. The zero-order chi connectivity index (χ0) is 29.2. The van der Waals surface area contributed by atoms with Gasteiger partial charge in [-0.15, -0.1) is 0 Å². The van der Waals surface area contributed by atoms with Gasteiger partial charge < -0.3 is 19.3 Å². The van der Waals surface area contributed by atoms with Crippen molar-refractivity contribution in [3.05, 3.63) is 60.3 Å². The van der Waals surface area contributed by atoms with E-state index in [4.69, 9.17) is 9.40 Å². The van der Waals surface area contributed by atoms with Crippen LogP contribution in [0, 0.1) is 17.8 Å². The summed E-state index contributed by atoms with van der Waals surface area (Å²) in [6.45, 7) is 0.678. The van der Waals surface area contributed by atoms with Crippen LogP contribution in [0.3, 0.4) is 0 Å². The van der Waals surface area contributed by atoms with Crippen LogP contribution in [0.2, 0.25) is 0 Å². The van der Waals surface area contributed by atoms with Gasteiger partial charge in [0.2, 0.25) is 5.91 Å². The summed E-state index contributed by atoms with van der Waals surface area (Å²) in [5, 5.41) is 9.47. The Bertz CT molecular complexity index is 1380. The quantitative estimate of drug-likeness (QED) is 0.299. The predicted molar refractivity (Wildman–Crippen MR) is 163 cm³/mol. The van der Waals surface area contributed by atoms with E-state index in [0.717, 1.165) is 67.2 Å². The first-order valence-corrected chi connectivity index (χ1v) is 15.6. The van der Waals surface area contributed by atoms with E-state index in [1.165, 1.54) is 5.56 Å². The summed E-state index contributed by atoms with van der Waals surface area (Å²) < 4.78 is 5.76. The van der Waals surface area contributed by atoms with Crippen molar-refractivity contribution in [2.75, 3.05) is 30.4 Å². The third kappa shape index (κ3) is 6.37. The Morgan fingerprint density at radius 2 is 1.62 bits per heavy atom. The average molecular weight is 571 g/mol. The fourth-order valence-electron chi connectivity index (χ4n) is 6.74. The standard InChI is InChI=1S/C34H42N4O4/c1-37(2)31-17-16-28(19-35-31)23-8-6-22(7-9-23)20-38(33(39)25-12-14-26(15-13-25)34(40)41)29-5-3-4-27(18-29)30-21-42-32(36-30)24-10-11-24/h3-5,16-19,21-26H,6-15,20H2,1-2H3,(H,40,41). The van der Waals surface area contributed by atoms with Gasteiger partial charge in [-0.3, -0.25) is 9.59 Å². The first-order valence-electron chi connectivity index (χ1n) is 15.6. The second-order valence-corrected chi connectivity index (χ2v) is 12.8.